The lowest BCUT2D eigenvalue weighted by molar-refractivity contribution is 0.606. The summed E-state index contributed by atoms with van der Waals surface area (Å²) in [5, 5.41) is 6.57. The lowest BCUT2D eigenvalue weighted by atomic mass is 9.98. The zero-order chi connectivity index (χ0) is 17.2. The molecular weight excluding hydrogens is 379 g/mol. The van der Waals surface area contributed by atoms with E-state index in [0.717, 1.165) is 27.7 Å². The molecular formula is C21H16BrFN2. The van der Waals surface area contributed by atoms with Crippen LogP contribution >= 0.6 is 15.9 Å². The zero-order valence-corrected chi connectivity index (χ0v) is 15.0. The van der Waals surface area contributed by atoms with Crippen LogP contribution in [0.2, 0.25) is 0 Å². The monoisotopic (exact) mass is 394 g/mol. The molecule has 0 saturated carbocycles. The zero-order valence-electron chi connectivity index (χ0n) is 13.4. The Morgan fingerprint density at radius 2 is 1.56 bits per heavy atom. The van der Waals surface area contributed by atoms with Crippen LogP contribution in [0.3, 0.4) is 0 Å². The normalized spacial score (nSPS) is 16.8. The van der Waals surface area contributed by atoms with Crippen molar-refractivity contribution in [3.63, 3.8) is 0 Å². The molecule has 0 radical (unpaired) electrons. The molecule has 1 aliphatic rings. The van der Waals surface area contributed by atoms with Crippen molar-refractivity contribution in [2.75, 3.05) is 5.01 Å². The molecule has 0 unspecified atom stereocenters. The largest absolute Gasteiger partial charge is 0.254 e. The number of benzene rings is 3. The number of hydrazone groups is 1. The predicted molar refractivity (Wildman–Crippen MR) is 103 cm³/mol. The molecule has 2 nitrogen and oxygen atoms in total. The van der Waals surface area contributed by atoms with E-state index in [1.807, 2.05) is 48.5 Å². The van der Waals surface area contributed by atoms with Gasteiger partial charge in [-0.25, -0.2) is 4.39 Å². The Hall–Kier alpha value is -2.46. The summed E-state index contributed by atoms with van der Waals surface area (Å²) >= 11 is 3.47. The number of hydrogen-bond acceptors (Lipinski definition) is 2. The molecule has 0 spiro atoms. The molecule has 1 aliphatic heterocycles. The molecule has 0 N–H and O–H groups in total. The Labute approximate surface area is 154 Å². The number of rotatable bonds is 3. The van der Waals surface area contributed by atoms with Crippen LogP contribution in [0.5, 0.6) is 0 Å². The molecule has 4 heteroatoms. The van der Waals surface area contributed by atoms with Crippen LogP contribution in [0.15, 0.2) is 88.4 Å². The summed E-state index contributed by atoms with van der Waals surface area (Å²) in [6.45, 7) is 0. The molecule has 0 aliphatic carbocycles. The van der Waals surface area contributed by atoms with Gasteiger partial charge in [-0.1, -0.05) is 70.5 Å². The molecule has 0 fully saturated rings. The van der Waals surface area contributed by atoms with E-state index in [-0.39, 0.29) is 11.9 Å². The quantitative estimate of drug-likeness (QED) is 0.536. The van der Waals surface area contributed by atoms with Crippen LogP contribution in [0.25, 0.3) is 0 Å². The first-order chi connectivity index (χ1) is 12.2. The lowest BCUT2D eigenvalue weighted by Crippen LogP contribution is -2.19. The molecule has 0 aromatic heterocycles. The second-order valence-corrected chi connectivity index (χ2v) is 6.90. The molecule has 1 heterocycles. The molecule has 0 bridgehead atoms. The number of nitrogens with zero attached hydrogens (tertiary/aromatic N) is 2. The van der Waals surface area contributed by atoms with Gasteiger partial charge in [-0.2, -0.15) is 5.10 Å². The van der Waals surface area contributed by atoms with Crippen molar-refractivity contribution in [1.29, 1.82) is 0 Å². The van der Waals surface area contributed by atoms with Crippen LogP contribution in [0, 0.1) is 5.82 Å². The van der Waals surface area contributed by atoms with Gasteiger partial charge in [-0.05, 0) is 35.4 Å². The minimum atomic E-state index is -0.261. The number of para-hydroxylation sites is 1. The molecule has 0 amide bonds. The summed E-state index contributed by atoms with van der Waals surface area (Å²) < 4.78 is 15.4. The van der Waals surface area contributed by atoms with E-state index in [1.54, 1.807) is 17.1 Å². The third-order valence-corrected chi connectivity index (χ3v) is 4.90. The van der Waals surface area contributed by atoms with Crippen molar-refractivity contribution >= 4 is 27.3 Å². The third-order valence-electron chi connectivity index (χ3n) is 4.37. The standard InChI is InChI=1S/C21H16BrFN2/c22-17-12-10-16(11-13-17)21-14-19(15-6-2-1-3-7-15)24-25(21)20-9-5-4-8-18(20)23/h1-13,21H,14H2/t21-/m0/s1. The Balaban J connectivity index is 1.78. The fourth-order valence-corrected chi connectivity index (χ4v) is 3.38. The van der Waals surface area contributed by atoms with E-state index >= 15 is 0 Å². The SMILES string of the molecule is Fc1ccccc1N1N=C(c2ccccc2)C[C@H]1c1ccc(Br)cc1. The molecule has 3 aromatic rings. The first-order valence-electron chi connectivity index (χ1n) is 8.14. The highest BCUT2D eigenvalue weighted by Gasteiger charge is 2.31. The molecule has 0 saturated heterocycles. The van der Waals surface area contributed by atoms with E-state index < -0.39 is 0 Å². The maximum atomic E-state index is 14.4. The Bertz CT molecular complexity index is 907. The van der Waals surface area contributed by atoms with Gasteiger partial charge in [0.25, 0.3) is 0 Å². The van der Waals surface area contributed by atoms with Gasteiger partial charge in [-0.3, -0.25) is 5.01 Å². The summed E-state index contributed by atoms with van der Waals surface area (Å²) in [4.78, 5) is 0. The smallest absolute Gasteiger partial charge is 0.148 e. The van der Waals surface area contributed by atoms with Gasteiger partial charge >= 0.3 is 0 Å². The molecule has 3 aromatic carbocycles. The molecule has 1 atom stereocenters. The third kappa shape index (κ3) is 3.22. The Morgan fingerprint density at radius 3 is 2.28 bits per heavy atom. The van der Waals surface area contributed by atoms with E-state index in [4.69, 9.17) is 5.10 Å². The highest BCUT2D eigenvalue weighted by Crippen LogP contribution is 2.38. The van der Waals surface area contributed by atoms with Crippen molar-refractivity contribution in [3.8, 4) is 0 Å². The summed E-state index contributed by atoms with van der Waals surface area (Å²) in [5.41, 5.74) is 3.66. The first kappa shape index (κ1) is 16.0. The second kappa shape index (κ2) is 6.81. The predicted octanol–water partition coefficient (Wildman–Crippen LogP) is 5.94. The van der Waals surface area contributed by atoms with E-state index in [0.29, 0.717) is 5.69 Å². The van der Waals surface area contributed by atoms with Crippen molar-refractivity contribution in [3.05, 3.63) is 100 Å². The van der Waals surface area contributed by atoms with Gasteiger partial charge in [0.15, 0.2) is 0 Å². The summed E-state index contributed by atoms with van der Waals surface area (Å²) in [5.74, 6) is -0.261. The summed E-state index contributed by atoms with van der Waals surface area (Å²) in [6, 6.07) is 25.0. The maximum Gasteiger partial charge on any atom is 0.148 e. The average molecular weight is 395 g/mol. The van der Waals surface area contributed by atoms with Crippen LogP contribution < -0.4 is 5.01 Å². The van der Waals surface area contributed by atoms with E-state index in [2.05, 4.69) is 28.1 Å². The topological polar surface area (TPSA) is 15.6 Å². The Morgan fingerprint density at radius 1 is 0.880 bits per heavy atom. The van der Waals surface area contributed by atoms with Crippen LogP contribution in [-0.4, -0.2) is 5.71 Å². The van der Waals surface area contributed by atoms with E-state index in [1.165, 1.54) is 6.07 Å². The highest BCUT2D eigenvalue weighted by molar-refractivity contribution is 9.10. The second-order valence-electron chi connectivity index (χ2n) is 5.98. The number of anilines is 1. The maximum absolute atomic E-state index is 14.4. The van der Waals surface area contributed by atoms with Gasteiger partial charge in [-0.15, -0.1) is 0 Å². The van der Waals surface area contributed by atoms with Crippen molar-refractivity contribution in [2.45, 2.75) is 12.5 Å². The highest BCUT2D eigenvalue weighted by atomic mass is 79.9. The van der Waals surface area contributed by atoms with Gasteiger partial charge in [0, 0.05) is 10.9 Å². The number of halogens is 2. The first-order valence-corrected chi connectivity index (χ1v) is 8.94. The van der Waals surface area contributed by atoms with Crippen LogP contribution in [0.4, 0.5) is 10.1 Å². The van der Waals surface area contributed by atoms with Gasteiger partial charge in [0.1, 0.15) is 5.82 Å². The molecule has 4 rings (SSSR count). The number of hydrogen-bond donors (Lipinski definition) is 0. The summed E-state index contributed by atoms with van der Waals surface area (Å²) in [6.07, 6.45) is 0.736. The lowest BCUT2D eigenvalue weighted by Gasteiger charge is -2.24. The minimum Gasteiger partial charge on any atom is -0.254 e. The summed E-state index contributed by atoms with van der Waals surface area (Å²) in [7, 11) is 0. The van der Waals surface area contributed by atoms with Gasteiger partial charge < -0.3 is 0 Å². The average Bonchev–Trinajstić information content (AvgIpc) is 3.09. The fourth-order valence-electron chi connectivity index (χ4n) is 3.12. The minimum absolute atomic E-state index is 0.0276. The molecule has 25 heavy (non-hydrogen) atoms. The fraction of sp³-hybridized carbons (Fsp3) is 0.0952. The van der Waals surface area contributed by atoms with Crippen LogP contribution in [0.1, 0.15) is 23.6 Å². The van der Waals surface area contributed by atoms with Crippen LogP contribution in [-0.2, 0) is 0 Å². The van der Waals surface area contributed by atoms with Crippen molar-refractivity contribution in [2.24, 2.45) is 5.10 Å². The van der Waals surface area contributed by atoms with Crippen molar-refractivity contribution < 1.29 is 4.39 Å². The van der Waals surface area contributed by atoms with Gasteiger partial charge in [0.05, 0.1) is 17.4 Å². The van der Waals surface area contributed by atoms with E-state index in [9.17, 15) is 4.39 Å². The molecule has 124 valence electrons. The van der Waals surface area contributed by atoms with Gasteiger partial charge in [0.2, 0.25) is 0 Å². The van der Waals surface area contributed by atoms with Crippen molar-refractivity contribution in [1.82, 2.24) is 0 Å². The Kier molecular flexibility index (Phi) is 4.36.